The molecule has 0 heterocycles. The van der Waals surface area contributed by atoms with Crippen LogP contribution in [-0.2, 0) is 14.8 Å². The maximum absolute atomic E-state index is 12.8. The van der Waals surface area contributed by atoms with Crippen LogP contribution in [0, 0.1) is 0 Å². The zero-order chi connectivity index (χ0) is 19.0. The van der Waals surface area contributed by atoms with Gasteiger partial charge in [0.15, 0.2) is 0 Å². The predicted molar refractivity (Wildman–Crippen MR) is 102 cm³/mol. The molecule has 1 fully saturated rings. The van der Waals surface area contributed by atoms with Crippen molar-refractivity contribution >= 4 is 15.9 Å². The number of hydrogen-bond donors (Lipinski definition) is 1. The van der Waals surface area contributed by atoms with Crippen LogP contribution in [0.1, 0.15) is 55.8 Å². The van der Waals surface area contributed by atoms with E-state index < -0.39 is 10.0 Å². The highest BCUT2D eigenvalue weighted by molar-refractivity contribution is 7.89. The highest BCUT2D eigenvalue weighted by atomic mass is 32.2. The van der Waals surface area contributed by atoms with E-state index in [1.807, 2.05) is 6.92 Å². The average molecular weight is 383 g/mol. The number of rotatable bonds is 9. The minimum absolute atomic E-state index is 0.0714. The number of nitrogens with zero attached hydrogens (tertiary/aromatic N) is 1. The van der Waals surface area contributed by atoms with Gasteiger partial charge in [0.25, 0.3) is 5.91 Å². The van der Waals surface area contributed by atoms with E-state index >= 15 is 0 Å². The second kappa shape index (κ2) is 10.0. The fourth-order valence-electron chi connectivity index (χ4n) is 3.21. The zero-order valence-electron chi connectivity index (χ0n) is 15.7. The molecule has 1 aromatic carbocycles. The lowest BCUT2D eigenvalue weighted by atomic mass is 9.96. The normalized spacial score (nSPS) is 16.0. The van der Waals surface area contributed by atoms with Gasteiger partial charge in [0, 0.05) is 38.4 Å². The van der Waals surface area contributed by atoms with Gasteiger partial charge < -0.3 is 10.1 Å². The summed E-state index contributed by atoms with van der Waals surface area (Å²) in [6.07, 6.45) is 5.91. The molecule has 0 aromatic heterocycles. The lowest BCUT2D eigenvalue weighted by molar-refractivity contribution is 0.0944. The second-order valence-corrected chi connectivity index (χ2v) is 8.64. The fraction of sp³-hybridized carbons (Fsp3) is 0.632. The third-order valence-electron chi connectivity index (χ3n) is 4.84. The van der Waals surface area contributed by atoms with Gasteiger partial charge in [-0.25, -0.2) is 8.42 Å². The van der Waals surface area contributed by atoms with Crippen LogP contribution in [0.5, 0.6) is 0 Å². The Morgan fingerprint density at radius 3 is 2.46 bits per heavy atom. The van der Waals surface area contributed by atoms with E-state index in [1.165, 1.54) is 22.9 Å². The number of amides is 1. The molecule has 0 spiro atoms. The molecule has 0 unspecified atom stereocenters. The number of carbonyl (C=O) groups excluding carboxylic acids is 1. The molecule has 7 heteroatoms. The van der Waals surface area contributed by atoms with Crippen molar-refractivity contribution in [2.75, 3.05) is 26.8 Å². The predicted octanol–water partition coefficient (Wildman–Crippen LogP) is 2.80. The molecule has 1 aliphatic carbocycles. The Labute approximate surface area is 157 Å². The molecule has 1 aromatic rings. The standard InChI is InChI=1S/C19H30N2O4S/c1-3-25-15-7-14-20-19(22)16-10-12-18(13-11-16)26(23,24)21(2)17-8-5-4-6-9-17/h10-13,17H,3-9,14-15H2,1-2H3,(H,20,22). The maximum atomic E-state index is 12.8. The third-order valence-corrected chi connectivity index (χ3v) is 6.76. The molecule has 146 valence electrons. The largest absolute Gasteiger partial charge is 0.382 e. The molecule has 6 nitrogen and oxygen atoms in total. The van der Waals surface area contributed by atoms with Crippen molar-refractivity contribution in [2.24, 2.45) is 0 Å². The molecule has 0 saturated heterocycles. The molecular weight excluding hydrogens is 352 g/mol. The minimum Gasteiger partial charge on any atom is -0.382 e. The summed E-state index contributed by atoms with van der Waals surface area (Å²) >= 11 is 0. The first-order valence-corrected chi connectivity index (χ1v) is 10.8. The highest BCUT2D eigenvalue weighted by Crippen LogP contribution is 2.26. The van der Waals surface area contributed by atoms with E-state index in [0.29, 0.717) is 25.3 Å². The van der Waals surface area contributed by atoms with Crippen LogP contribution in [0.2, 0.25) is 0 Å². The van der Waals surface area contributed by atoms with Crippen molar-refractivity contribution in [3.63, 3.8) is 0 Å². The first-order chi connectivity index (χ1) is 12.5. The quantitative estimate of drug-likeness (QED) is 0.667. The summed E-state index contributed by atoms with van der Waals surface area (Å²) in [6, 6.07) is 6.24. The third kappa shape index (κ3) is 5.53. The van der Waals surface area contributed by atoms with Gasteiger partial charge in [-0.15, -0.1) is 0 Å². The summed E-state index contributed by atoms with van der Waals surface area (Å²) < 4.78 is 32.3. The van der Waals surface area contributed by atoms with Crippen molar-refractivity contribution in [3.8, 4) is 0 Å². The maximum Gasteiger partial charge on any atom is 0.251 e. The van der Waals surface area contributed by atoms with E-state index in [-0.39, 0.29) is 16.8 Å². The molecule has 1 aliphatic rings. The van der Waals surface area contributed by atoms with E-state index in [0.717, 1.165) is 32.1 Å². The summed E-state index contributed by atoms with van der Waals surface area (Å²) in [4.78, 5) is 12.3. The summed E-state index contributed by atoms with van der Waals surface area (Å²) in [7, 11) is -1.87. The first kappa shape index (κ1) is 20.9. The smallest absolute Gasteiger partial charge is 0.251 e. The molecular formula is C19H30N2O4S. The molecule has 1 saturated carbocycles. The molecule has 1 amide bonds. The number of carbonyl (C=O) groups is 1. The molecule has 1 N–H and O–H groups in total. The van der Waals surface area contributed by atoms with Crippen LogP contribution < -0.4 is 5.32 Å². The van der Waals surface area contributed by atoms with Gasteiger partial charge >= 0.3 is 0 Å². The topological polar surface area (TPSA) is 75.7 Å². The van der Waals surface area contributed by atoms with Gasteiger partial charge in [-0.05, 0) is 50.5 Å². The molecule has 0 radical (unpaired) electrons. The number of sulfonamides is 1. The Kier molecular flexibility index (Phi) is 8.06. The molecule has 0 bridgehead atoms. The van der Waals surface area contributed by atoms with Crippen molar-refractivity contribution in [3.05, 3.63) is 29.8 Å². The Morgan fingerprint density at radius 2 is 1.85 bits per heavy atom. The Balaban J connectivity index is 1.95. The monoisotopic (exact) mass is 382 g/mol. The Morgan fingerprint density at radius 1 is 1.19 bits per heavy atom. The number of ether oxygens (including phenoxy) is 1. The van der Waals surface area contributed by atoms with E-state index in [4.69, 9.17) is 4.74 Å². The van der Waals surface area contributed by atoms with Crippen LogP contribution in [-0.4, -0.2) is 51.5 Å². The van der Waals surface area contributed by atoms with Gasteiger partial charge in [-0.2, -0.15) is 4.31 Å². The summed E-state index contributed by atoms with van der Waals surface area (Å²) in [6.45, 7) is 3.74. The van der Waals surface area contributed by atoms with Gasteiger partial charge in [0.05, 0.1) is 4.90 Å². The second-order valence-electron chi connectivity index (χ2n) is 6.64. The Hall–Kier alpha value is -1.44. The average Bonchev–Trinajstić information content (AvgIpc) is 2.67. The summed E-state index contributed by atoms with van der Waals surface area (Å²) in [5, 5.41) is 2.81. The number of hydrogen-bond acceptors (Lipinski definition) is 4. The van der Waals surface area contributed by atoms with Crippen LogP contribution >= 0.6 is 0 Å². The number of nitrogens with one attached hydrogen (secondary N) is 1. The molecule has 0 atom stereocenters. The molecule has 26 heavy (non-hydrogen) atoms. The summed E-state index contributed by atoms with van der Waals surface area (Å²) in [5.41, 5.74) is 0.459. The van der Waals surface area contributed by atoms with E-state index in [1.54, 1.807) is 19.2 Å². The highest BCUT2D eigenvalue weighted by Gasteiger charge is 2.29. The first-order valence-electron chi connectivity index (χ1n) is 9.41. The van der Waals surface area contributed by atoms with E-state index in [9.17, 15) is 13.2 Å². The lowest BCUT2D eigenvalue weighted by Gasteiger charge is -2.30. The van der Waals surface area contributed by atoms with Crippen molar-refractivity contribution in [2.45, 2.75) is 56.4 Å². The van der Waals surface area contributed by atoms with Crippen LogP contribution in [0.3, 0.4) is 0 Å². The van der Waals surface area contributed by atoms with Crippen LogP contribution in [0.15, 0.2) is 29.2 Å². The van der Waals surface area contributed by atoms with Crippen molar-refractivity contribution in [1.29, 1.82) is 0 Å². The zero-order valence-corrected chi connectivity index (χ0v) is 16.6. The van der Waals surface area contributed by atoms with Gasteiger partial charge in [-0.1, -0.05) is 19.3 Å². The summed E-state index contributed by atoms with van der Waals surface area (Å²) in [5.74, 6) is -0.203. The lowest BCUT2D eigenvalue weighted by Crippen LogP contribution is -2.38. The van der Waals surface area contributed by atoms with Gasteiger partial charge in [0.2, 0.25) is 10.0 Å². The SMILES string of the molecule is CCOCCCNC(=O)c1ccc(S(=O)(=O)N(C)C2CCCCC2)cc1. The van der Waals surface area contributed by atoms with Crippen molar-refractivity contribution < 1.29 is 17.9 Å². The molecule has 2 rings (SSSR count). The van der Waals surface area contributed by atoms with Gasteiger partial charge in [0.1, 0.15) is 0 Å². The minimum atomic E-state index is -3.52. The Bertz CT molecular complexity index is 667. The van der Waals surface area contributed by atoms with E-state index in [2.05, 4.69) is 5.32 Å². The van der Waals surface area contributed by atoms with Crippen LogP contribution in [0.25, 0.3) is 0 Å². The molecule has 0 aliphatic heterocycles. The number of benzene rings is 1. The van der Waals surface area contributed by atoms with Crippen LogP contribution in [0.4, 0.5) is 0 Å². The van der Waals surface area contributed by atoms with Crippen molar-refractivity contribution in [1.82, 2.24) is 9.62 Å². The fourth-order valence-corrected chi connectivity index (χ4v) is 4.62. The van der Waals surface area contributed by atoms with Gasteiger partial charge in [-0.3, -0.25) is 4.79 Å².